The SMILES string of the molecule is NS(=O)CCC1CCC1. The van der Waals surface area contributed by atoms with Crippen LogP contribution in [0.15, 0.2) is 0 Å². The molecule has 0 bridgehead atoms. The van der Waals surface area contributed by atoms with Crippen molar-refractivity contribution < 1.29 is 4.21 Å². The Morgan fingerprint density at radius 3 is 2.56 bits per heavy atom. The van der Waals surface area contributed by atoms with Crippen LogP contribution >= 0.6 is 0 Å². The minimum atomic E-state index is -1.05. The average Bonchev–Trinajstić information content (AvgIpc) is 1.60. The quantitative estimate of drug-likeness (QED) is 0.630. The molecule has 1 aliphatic rings. The molecule has 0 heterocycles. The van der Waals surface area contributed by atoms with Crippen molar-refractivity contribution in [3.63, 3.8) is 0 Å². The minimum Gasteiger partial charge on any atom is -0.252 e. The van der Waals surface area contributed by atoms with Crippen molar-refractivity contribution in [3.8, 4) is 0 Å². The van der Waals surface area contributed by atoms with E-state index in [-0.39, 0.29) is 0 Å². The highest BCUT2D eigenvalue weighted by Crippen LogP contribution is 2.28. The molecule has 0 saturated heterocycles. The summed E-state index contributed by atoms with van der Waals surface area (Å²) in [6, 6.07) is 0. The molecule has 0 radical (unpaired) electrons. The lowest BCUT2D eigenvalue weighted by Crippen LogP contribution is -2.16. The maximum atomic E-state index is 10.4. The van der Waals surface area contributed by atoms with Gasteiger partial charge >= 0.3 is 0 Å². The lowest BCUT2D eigenvalue weighted by Gasteiger charge is -2.24. The molecule has 1 aliphatic carbocycles. The summed E-state index contributed by atoms with van der Waals surface area (Å²) in [5, 5.41) is 5.09. The van der Waals surface area contributed by atoms with E-state index in [1.807, 2.05) is 0 Å². The van der Waals surface area contributed by atoms with E-state index in [0.29, 0.717) is 5.75 Å². The molecule has 9 heavy (non-hydrogen) atoms. The van der Waals surface area contributed by atoms with E-state index in [1.165, 1.54) is 19.3 Å². The maximum Gasteiger partial charge on any atom is 0.0888 e. The van der Waals surface area contributed by atoms with Crippen molar-refractivity contribution in [1.29, 1.82) is 0 Å². The van der Waals surface area contributed by atoms with Crippen LogP contribution in [0.2, 0.25) is 0 Å². The second-order valence-electron chi connectivity index (χ2n) is 2.67. The van der Waals surface area contributed by atoms with Gasteiger partial charge in [-0.1, -0.05) is 19.3 Å². The molecular weight excluding hydrogens is 134 g/mol. The Bertz CT molecular complexity index is 112. The summed E-state index contributed by atoms with van der Waals surface area (Å²) < 4.78 is 10.4. The Morgan fingerprint density at radius 2 is 2.22 bits per heavy atom. The van der Waals surface area contributed by atoms with Gasteiger partial charge in [0.25, 0.3) is 0 Å². The molecule has 0 aromatic heterocycles. The number of hydrogen-bond donors (Lipinski definition) is 1. The molecule has 1 rings (SSSR count). The molecule has 0 amide bonds. The highest BCUT2D eigenvalue weighted by atomic mass is 32.2. The third-order valence-electron chi connectivity index (χ3n) is 1.95. The van der Waals surface area contributed by atoms with Crippen LogP contribution in [0.4, 0.5) is 0 Å². The van der Waals surface area contributed by atoms with Gasteiger partial charge in [0.1, 0.15) is 0 Å². The van der Waals surface area contributed by atoms with E-state index in [2.05, 4.69) is 0 Å². The normalized spacial score (nSPS) is 23.2. The molecule has 0 spiro atoms. The molecule has 0 aromatic carbocycles. The Kier molecular flexibility index (Phi) is 2.66. The third-order valence-corrected chi connectivity index (χ3v) is 2.59. The molecule has 1 unspecified atom stereocenters. The zero-order valence-corrected chi connectivity index (χ0v) is 6.32. The summed E-state index contributed by atoms with van der Waals surface area (Å²) >= 11 is 0. The average molecular weight is 147 g/mol. The first-order chi connectivity index (χ1) is 4.29. The van der Waals surface area contributed by atoms with Crippen LogP contribution in [0.1, 0.15) is 25.7 Å². The second kappa shape index (κ2) is 3.32. The van der Waals surface area contributed by atoms with Crippen molar-refractivity contribution in [2.75, 3.05) is 5.75 Å². The van der Waals surface area contributed by atoms with Gasteiger partial charge in [0, 0.05) is 5.75 Å². The standard InChI is InChI=1S/C6H13NOS/c7-9(8)5-4-6-2-1-3-6/h6H,1-5,7H2. The van der Waals surface area contributed by atoms with Crippen LogP contribution in [0.25, 0.3) is 0 Å². The van der Waals surface area contributed by atoms with E-state index in [4.69, 9.17) is 5.14 Å². The second-order valence-corrected chi connectivity index (χ2v) is 3.84. The molecule has 1 saturated carbocycles. The molecule has 1 fully saturated rings. The summed E-state index contributed by atoms with van der Waals surface area (Å²) in [4.78, 5) is 0. The smallest absolute Gasteiger partial charge is 0.0888 e. The molecule has 1 atom stereocenters. The molecule has 0 aliphatic heterocycles. The summed E-state index contributed by atoms with van der Waals surface area (Å²) in [6.45, 7) is 0. The van der Waals surface area contributed by atoms with Crippen LogP contribution in [0, 0.1) is 5.92 Å². The number of rotatable bonds is 3. The van der Waals surface area contributed by atoms with Gasteiger partial charge in [-0.2, -0.15) is 0 Å². The van der Waals surface area contributed by atoms with Gasteiger partial charge in [-0.3, -0.25) is 5.14 Å². The summed E-state index contributed by atoms with van der Waals surface area (Å²) in [6.07, 6.45) is 5.10. The maximum absolute atomic E-state index is 10.4. The van der Waals surface area contributed by atoms with E-state index in [0.717, 1.165) is 12.3 Å². The van der Waals surface area contributed by atoms with Crippen LogP contribution in [0.5, 0.6) is 0 Å². The lowest BCUT2D eigenvalue weighted by molar-refractivity contribution is 0.308. The zero-order valence-electron chi connectivity index (χ0n) is 5.51. The topological polar surface area (TPSA) is 43.1 Å². The predicted octanol–water partition coefficient (Wildman–Crippen LogP) is 0.799. The fourth-order valence-corrected chi connectivity index (χ4v) is 1.63. The molecular formula is C6H13NOS. The van der Waals surface area contributed by atoms with Gasteiger partial charge in [-0.05, 0) is 12.3 Å². The molecule has 3 heteroatoms. The van der Waals surface area contributed by atoms with E-state index in [9.17, 15) is 4.21 Å². The van der Waals surface area contributed by atoms with Gasteiger partial charge in [0.15, 0.2) is 0 Å². The van der Waals surface area contributed by atoms with Crippen LogP contribution in [-0.2, 0) is 11.0 Å². The first-order valence-electron chi connectivity index (χ1n) is 3.42. The molecule has 0 aromatic rings. The van der Waals surface area contributed by atoms with Gasteiger partial charge in [-0.25, -0.2) is 4.21 Å². The largest absolute Gasteiger partial charge is 0.252 e. The molecule has 2 nitrogen and oxygen atoms in total. The van der Waals surface area contributed by atoms with Crippen molar-refractivity contribution in [3.05, 3.63) is 0 Å². The third kappa shape index (κ3) is 2.45. The van der Waals surface area contributed by atoms with Gasteiger partial charge < -0.3 is 0 Å². The predicted molar refractivity (Wildman–Crippen MR) is 39.2 cm³/mol. The Balaban J connectivity index is 1.97. The lowest BCUT2D eigenvalue weighted by atomic mass is 9.84. The van der Waals surface area contributed by atoms with Crippen molar-refractivity contribution in [2.45, 2.75) is 25.7 Å². The highest BCUT2D eigenvalue weighted by Gasteiger charge is 2.16. The summed E-state index contributed by atoms with van der Waals surface area (Å²) in [5.74, 6) is 1.54. The van der Waals surface area contributed by atoms with Crippen molar-refractivity contribution in [2.24, 2.45) is 11.1 Å². The van der Waals surface area contributed by atoms with E-state index >= 15 is 0 Å². The molecule has 2 N–H and O–H groups in total. The van der Waals surface area contributed by atoms with Gasteiger partial charge in [-0.15, -0.1) is 0 Å². The fraction of sp³-hybridized carbons (Fsp3) is 1.00. The Morgan fingerprint density at radius 1 is 1.56 bits per heavy atom. The first-order valence-corrected chi connectivity index (χ1v) is 4.80. The van der Waals surface area contributed by atoms with E-state index < -0.39 is 11.0 Å². The zero-order chi connectivity index (χ0) is 6.69. The van der Waals surface area contributed by atoms with E-state index in [1.54, 1.807) is 0 Å². The number of hydrogen-bond acceptors (Lipinski definition) is 1. The van der Waals surface area contributed by atoms with Crippen LogP contribution in [0.3, 0.4) is 0 Å². The summed E-state index contributed by atoms with van der Waals surface area (Å²) in [7, 11) is -1.05. The minimum absolute atomic E-state index is 0.699. The van der Waals surface area contributed by atoms with Crippen LogP contribution in [-0.4, -0.2) is 9.96 Å². The Hall–Kier alpha value is 0.110. The van der Waals surface area contributed by atoms with Crippen molar-refractivity contribution in [1.82, 2.24) is 0 Å². The van der Waals surface area contributed by atoms with Crippen molar-refractivity contribution >= 4 is 11.0 Å². The Labute approximate surface area is 58.4 Å². The molecule has 54 valence electrons. The summed E-state index contributed by atoms with van der Waals surface area (Å²) in [5.41, 5.74) is 0. The van der Waals surface area contributed by atoms with Gasteiger partial charge in [0.05, 0.1) is 11.0 Å². The fourth-order valence-electron chi connectivity index (χ4n) is 1.06. The van der Waals surface area contributed by atoms with Gasteiger partial charge in [0.2, 0.25) is 0 Å². The monoisotopic (exact) mass is 147 g/mol. The number of nitrogens with two attached hydrogens (primary N) is 1. The van der Waals surface area contributed by atoms with Crippen LogP contribution < -0.4 is 5.14 Å². The highest BCUT2D eigenvalue weighted by molar-refractivity contribution is 7.82. The first kappa shape index (κ1) is 7.22.